The van der Waals surface area contributed by atoms with Gasteiger partial charge in [-0.15, -0.1) is 0 Å². The number of halogens is 1. The quantitative estimate of drug-likeness (QED) is 0.832. The lowest BCUT2D eigenvalue weighted by molar-refractivity contribution is 0.196. The SMILES string of the molecule is CC1=Nc2ccc(Br)c(C(C)O)c2C1(C)C. The van der Waals surface area contributed by atoms with E-state index >= 15 is 0 Å². The summed E-state index contributed by atoms with van der Waals surface area (Å²) in [5.41, 5.74) is 4.10. The highest BCUT2D eigenvalue weighted by Gasteiger charge is 2.36. The molecule has 1 aromatic carbocycles. The molecule has 0 saturated heterocycles. The first-order valence-electron chi connectivity index (χ1n) is 5.42. The van der Waals surface area contributed by atoms with Crippen LogP contribution in [0.1, 0.15) is 44.9 Å². The maximum absolute atomic E-state index is 9.91. The van der Waals surface area contributed by atoms with Crippen LogP contribution in [-0.4, -0.2) is 10.8 Å². The van der Waals surface area contributed by atoms with Crippen LogP contribution in [0.15, 0.2) is 21.6 Å². The smallest absolute Gasteiger partial charge is 0.0776 e. The molecule has 0 amide bonds. The van der Waals surface area contributed by atoms with Crippen molar-refractivity contribution in [3.8, 4) is 0 Å². The molecule has 1 aliphatic heterocycles. The van der Waals surface area contributed by atoms with Crippen molar-refractivity contribution in [3.05, 3.63) is 27.7 Å². The molecule has 1 aromatic rings. The summed E-state index contributed by atoms with van der Waals surface area (Å²) in [7, 11) is 0. The zero-order valence-corrected chi connectivity index (χ0v) is 11.6. The van der Waals surface area contributed by atoms with Crippen molar-refractivity contribution in [3.63, 3.8) is 0 Å². The van der Waals surface area contributed by atoms with Gasteiger partial charge in [0.1, 0.15) is 0 Å². The Kier molecular flexibility index (Phi) is 2.71. The van der Waals surface area contributed by atoms with Crippen molar-refractivity contribution >= 4 is 27.3 Å². The van der Waals surface area contributed by atoms with E-state index in [1.807, 2.05) is 19.1 Å². The lowest BCUT2D eigenvalue weighted by Gasteiger charge is -2.25. The molecule has 3 heteroatoms. The summed E-state index contributed by atoms with van der Waals surface area (Å²) >= 11 is 3.51. The van der Waals surface area contributed by atoms with E-state index in [0.29, 0.717) is 0 Å². The van der Waals surface area contributed by atoms with Crippen LogP contribution < -0.4 is 0 Å². The lowest BCUT2D eigenvalue weighted by Crippen LogP contribution is -2.25. The summed E-state index contributed by atoms with van der Waals surface area (Å²) in [4.78, 5) is 4.57. The highest BCUT2D eigenvalue weighted by atomic mass is 79.9. The molecule has 1 unspecified atom stereocenters. The Morgan fingerprint density at radius 3 is 2.56 bits per heavy atom. The van der Waals surface area contributed by atoms with E-state index in [1.54, 1.807) is 6.92 Å². The van der Waals surface area contributed by atoms with Crippen LogP contribution in [0, 0.1) is 0 Å². The molecular formula is C13H16BrNO. The highest BCUT2D eigenvalue weighted by Crippen LogP contribution is 2.46. The van der Waals surface area contributed by atoms with Crippen molar-refractivity contribution in [2.75, 3.05) is 0 Å². The third-order valence-corrected chi connectivity index (χ3v) is 4.10. The maximum atomic E-state index is 9.91. The standard InChI is InChI=1S/C13H16BrNO/c1-7(16)11-9(14)5-6-10-12(11)13(3,4)8(2)15-10/h5-7,16H,1-4H3. The Labute approximate surface area is 105 Å². The average molecular weight is 282 g/mol. The van der Waals surface area contributed by atoms with Gasteiger partial charge in [-0.05, 0) is 31.5 Å². The number of benzene rings is 1. The Balaban J connectivity index is 2.75. The zero-order valence-electron chi connectivity index (χ0n) is 10.0. The topological polar surface area (TPSA) is 32.6 Å². The van der Waals surface area contributed by atoms with Crippen LogP contribution in [0.5, 0.6) is 0 Å². The summed E-state index contributed by atoms with van der Waals surface area (Å²) in [6, 6.07) is 3.96. The molecule has 0 aromatic heterocycles. The molecule has 1 heterocycles. The lowest BCUT2D eigenvalue weighted by atomic mass is 9.79. The van der Waals surface area contributed by atoms with Crippen molar-refractivity contribution < 1.29 is 5.11 Å². The van der Waals surface area contributed by atoms with Crippen LogP contribution in [0.3, 0.4) is 0 Å². The van der Waals surface area contributed by atoms with Crippen molar-refractivity contribution in [1.82, 2.24) is 0 Å². The Morgan fingerprint density at radius 2 is 2.00 bits per heavy atom. The fourth-order valence-electron chi connectivity index (χ4n) is 2.24. The Morgan fingerprint density at radius 1 is 1.38 bits per heavy atom. The van der Waals surface area contributed by atoms with Crippen LogP contribution in [0.4, 0.5) is 5.69 Å². The molecule has 0 saturated carbocycles. The number of aliphatic hydroxyl groups is 1. The van der Waals surface area contributed by atoms with Crippen LogP contribution in [0.25, 0.3) is 0 Å². The minimum absolute atomic E-state index is 0.0918. The fraction of sp³-hybridized carbons (Fsp3) is 0.462. The number of aliphatic hydroxyl groups excluding tert-OH is 1. The zero-order chi connectivity index (χ0) is 12.1. The first-order valence-corrected chi connectivity index (χ1v) is 6.21. The number of fused-ring (bicyclic) bond motifs is 1. The van der Waals surface area contributed by atoms with Crippen molar-refractivity contribution in [1.29, 1.82) is 0 Å². The fourth-order valence-corrected chi connectivity index (χ4v) is 2.90. The Bertz CT molecular complexity index is 475. The van der Waals surface area contributed by atoms with Crippen molar-refractivity contribution in [2.45, 2.75) is 39.2 Å². The molecule has 1 atom stereocenters. The molecule has 2 nitrogen and oxygen atoms in total. The first-order chi connectivity index (χ1) is 7.35. The van der Waals surface area contributed by atoms with E-state index in [0.717, 1.165) is 27.0 Å². The monoisotopic (exact) mass is 281 g/mol. The third kappa shape index (κ3) is 1.54. The second kappa shape index (κ2) is 3.67. The van der Waals surface area contributed by atoms with Crippen molar-refractivity contribution in [2.24, 2.45) is 4.99 Å². The van der Waals surface area contributed by atoms with Gasteiger partial charge >= 0.3 is 0 Å². The second-order valence-corrected chi connectivity index (χ2v) is 5.71. The van der Waals surface area contributed by atoms with Gasteiger partial charge in [0.25, 0.3) is 0 Å². The van der Waals surface area contributed by atoms with Gasteiger partial charge in [0.15, 0.2) is 0 Å². The van der Waals surface area contributed by atoms with Crippen LogP contribution in [0.2, 0.25) is 0 Å². The van der Waals surface area contributed by atoms with E-state index in [9.17, 15) is 5.11 Å². The minimum Gasteiger partial charge on any atom is -0.389 e. The minimum atomic E-state index is -0.482. The molecule has 1 aliphatic rings. The number of nitrogens with zero attached hydrogens (tertiary/aromatic N) is 1. The van der Waals surface area contributed by atoms with E-state index < -0.39 is 6.10 Å². The third-order valence-electron chi connectivity index (χ3n) is 3.41. The predicted molar refractivity (Wildman–Crippen MR) is 70.6 cm³/mol. The largest absolute Gasteiger partial charge is 0.389 e. The second-order valence-electron chi connectivity index (χ2n) is 4.85. The molecular weight excluding hydrogens is 266 g/mol. The van der Waals surface area contributed by atoms with E-state index in [-0.39, 0.29) is 5.41 Å². The summed E-state index contributed by atoms with van der Waals surface area (Å²) in [6.07, 6.45) is -0.482. The number of hydrogen-bond donors (Lipinski definition) is 1. The molecule has 0 fully saturated rings. The number of hydrogen-bond acceptors (Lipinski definition) is 2. The van der Waals surface area contributed by atoms with E-state index in [4.69, 9.17) is 0 Å². The molecule has 0 radical (unpaired) electrons. The molecule has 0 aliphatic carbocycles. The molecule has 16 heavy (non-hydrogen) atoms. The van der Waals surface area contributed by atoms with Crippen LogP contribution in [-0.2, 0) is 5.41 Å². The van der Waals surface area contributed by atoms with Gasteiger partial charge in [0.05, 0.1) is 11.8 Å². The van der Waals surface area contributed by atoms with Gasteiger partial charge < -0.3 is 5.11 Å². The first kappa shape index (κ1) is 11.8. The number of rotatable bonds is 1. The normalized spacial score (nSPS) is 19.2. The average Bonchev–Trinajstić information content (AvgIpc) is 2.39. The van der Waals surface area contributed by atoms with Gasteiger partial charge in [-0.2, -0.15) is 0 Å². The molecule has 0 bridgehead atoms. The molecule has 1 N–H and O–H groups in total. The van der Waals surface area contributed by atoms with Gasteiger partial charge in [0.2, 0.25) is 0 Å². The summed E-state index contributed by atoms with van der Waals surface area (Å²) < 4.78 is 0.958. The number of aliphatic imine (C=N–C) groups is 1. The van der Waals surface area contributed by atoms with Gasteiger partial charge in [-0.1, -0.05) is 29.8 Å². The maximum Gasteiger partial charge on any atom is 0.0776 e. The van der Waals surface area contributed by atoms with Crippen LogP contribution >= 0.6 is 15.9 Å². The van der Waals surface area contributed by atoms with Gasteiger partial charge in [0, 0.05) is 21.2 Å². The summed E-state index contributed by atoms with van der Waals surface area (Å²) in [6.45, 7) is 8.13. The van der Waals surface area contributed by atoms with E-state index in [2.05, 4.69) is 34.8 Å². The highest BCUT2D eigenvalue weighted by molar-refractivity contribution is 9.10. The Hall–Kier alpha value is -0.670. The predicted octanol–water partition coefficient (Wildman–Crippen LogP) is 3.89. The molecule has 0 spiro atoms. The molecule has 86 valence electrons. The summed E-state index contributed by atoms with van der Waals surface area (Å²) in [5.74, 6) is 0. The summed E-state index contributed by atoms with van der Waals surface area (Å²) in [5, 5.41) is 9.91. The van der Waals surface area contributed by atoms with Gasteiger partial charge in [-0.3, -0.25) is 4.99 Å². The van der Waals surface area contributed by atoms with E-state index in [1.165, 1.54) is 0 Å². The van der Waals surface area contributed by atoms with Gasteiger partial charge in [-0.25, -0.2) is 0 Å². The molecule has 2 rings (SSSR count).